The Balaban J connectivity index is 2.63. The molecule has 3 heteroatoms. The molecular weight excluding hydrogens is 227 g/mol. The van der Waals surface area contributed by atoms with Crippen molar-refractivity contribution in [3.63, 3.8) is 0 Å². The van der Waals surface area contributed by atoms with Gasteiger partial charge < -0.3 is 0 Å². The number of hydrogen-bond donors (Lipinski definition) is 0. The number of alkyl halides is 2. The average molecular weight is 234 g/mol. The van der Waals surface area contributed by atoms with Crippen LogP contribution >= 0.6 is 41.1 Å². The van der Waals surface area contributed by atoms with Crippen LogP contribution in [-0.2, 0) is 0 Å². The van der Waals surface area contributed by atoms with Crippen molar-refractivity contribution >= 4 is 41.1 Å². The van der Waals surface area contributed by atoms with E-state index in [0.29, 0.717) is 3.74 Å². The number of hydrogen-bond acceptors (Lipinski definition) is 0. The molecule has 0 bridgehead atoms. The molecule has 0 amide bonds. The lowest BCUT2D eigenvalue weighted by Crippen LogP contribution is -1.82. The molecule has 1 unspecified atom stereocenters. The maximum Gasteiger partial charge on any atom is 0.0701 e. The summed E-state index contributed by atoms with van der Waals surface area (Å²) in [5, 5.41) is 0. The van der Waals surface area contributed by atoms with Gasteiger partial charge in [0, 0.05) is 0 Å². The van der Waals surface area contributed by atoms with E-state index in [4.69, 9.17) is 0 Å². The Bertz CT molecular complexity index is 30.0. The third-order valence-electron chi connectivity index (χ3n) is 0.385. The smallest absolute Gasteiger partial charge is 0.0701 e. The molecule has 0 nitrogen and oxygen atoms in total. The fourth-order valence-corrected chi connectivity index (χ4v) is 1.96. The highest BCUT2D eigenvalue weighted by molar-refractivity contribution is 9.24. The zero-order valence-corrected chi connectivity index (χ0v) is 7.65. The van der Waals surface area contributed by atoms with E-state index in [1.54, 1.807) is 0 Å². The third-order valence-corrected chi connectivity index (χ3v) is 1.63. The summed E-state index contributed by atoms with van der Waals surface area (Å²) in [4.78, 5) is 0. The fourth-order valence-electron chi connectivity index (χ4n) is 0.126. The van der Waals surface area contributed by atoms with Gasteiger partial charge in [-0.25, -0.2) is 0 Å². The molecule has 0 aromatic carbocycles. The molecule has 0 aromatic heterocycles. The summed E-state index contributed by atoms with van der Waals surface area (Å²) in [7, 11) is 2.66. The van der Waals surface area contributed by atoms with Crippen LogP contribution < -0.4 is 0 Å². The molecule has 0 N–H and O–H groups in total. The monoisotopic (exact) mass is 232 g/mol. The van der Waals surface area contributed by atoms with E-state index in [1.165, 1.54) is 6.42 Å². The van der Waals surface area contributed by atoms with E-state index in [1.807, 2.05) is 0 Å². The summed E-state index contributed by atoms with van der Waals surface area (Å²) < 4.78 is 0.502. The quantitative estimate of drug-likeness (QED) is 0.508. The van der Waals surface area contributed by atoms with Crippen LogP contribution in [0.4, 0.5) is 0 Å². The molecule has 0 rings (SSSR count). The highest BCUT2D eigenvalue weighted by atomic mass is 79.9. The van der Waals surface area contributed by atoms with Gasteiger partial charge in [-0.15, -0.1) is 9.24 Å². The van der Waals surface area contributed by atoms with Gasteiger partial charge in [-0.2, -0.15) is 0 Å². The predicted octanol–water partition coefficient (Wildman–Crippen LogP) is 2.37. The summed E-state index contributed by atoms with van der Waals surface area (Å²) >= 11 is 6.68. The van der Waals surface area contributed by atoms with Crippen LogP contribution in [-0.4, -0.2) is 9.90 Å². The molecule has 6 heavy (non-hydrogen) atoms. The molecule has 0 aliphatic rings. The molecule has 0 aromatic rings. The zero-order valence-electron chi connectivity index (χ0n) is 3.32. The second-order valence-corrected chi connectivity index (χ2v) is 4.99. The van der Waals surface area contributed by atoms with Gasteiger partial charge in [0.1, 0.15) is 0 Å². The lowest BCUT2D eigenvalue weighted by Gasteiger charge is -1.91. The Morgan fingerprint density at radius 3 is 2.00 bits per heavy atom. The second-order valence-electron chi connectivity index (χ2n) is 0.968. The van der Waals surface area contributed by atoms with E-state index < -0.39 is 0 Å². The first-order valence-electron chi connectivity index (χ1n) is 1.75. The molecule has 0 radical (unpaired) electrons. The summed E-state index contributed by atoms with van der Waals surface area (Å²) in [6.07, 6.45) is 2.33. The van der Waals surface area contributed by atoms with Crippen molar-refractivity contribution in [3.8, 4) is 0 Å². The Labute approximate surface area is 57.5 Å². The third kappa shape index (κ3) is 5.39. The van der Waals surface area contributed by atoms with Gasteiger partial charge >= 0.3 is 0 Å². The van der Waals surface area contributed by atoms with Gasteiger partial charge in [-0.3, -0.25) is 0 Å². The van der Waals surface area contributed by atoms with Crippen molar-refractivity contribution in [2.45, 2.75) is 10.2 Å². The molecule has 1 atom stereocenters. The molecule has 0 spiro atoms. The summed E-state index contributed by atoms with van der Waals surface area (Å²) in [6.45, 7) is 0. The normalized spacial score (nSPS) is 10.0. The molecule has 0 saturated heterocycles. The minimum atomic E-state index is 0.502. The molecule has 0 fully saturated rings. The van der Waals surface area contributed by atoms with Crippen LogP contribution in [0, 0.1) is 0 Å². The first-order valence-corrected chi connectivity index (χ1v) is 4.40. The van der Waals surface area contributed by atoms with Crippen molar-refractivity contribution < 1.29 is 0 Å². The topological polar surface area (TPSA) is 0 Å². The maximum atomic E-state index is 3.34. The van der Waals surface area contributed by atoms with Crippen LogP contribution in [0.2, 0.25) is 0 Å². The summed E-state index contributed by atoms with van der Waals surface area (Å²) in [6, 6.07) is 0. The lowest BCUT2D eigenvalue weighted by atomic mass is 10.6. The minimum Gasteiger partial charge on any atom is -0.138 e. The molecular formula is C3H7Br2P. The Hall–Kier alpha value is 1.39. The van der Waals surface area contributed by atoms with Crippen molar-refractivity contribution in [2.75, 3.05) is 6.16 Å². The van der Waals surface area contributed by atoms with E-state index in [-0.39, 0.29) is 0 Å². The average Bonchev–Trinajstić information content (AvgIpc) is 1.35. The fraction of sp³-hybridized carbons (Fsp3) is 1.00. The van der Waals surface area contributed by atoms with Gasteiger partial charge in [0.2, 0.25) is 0 Å². The number of rotatable bonds is 2. The highest BCUT2D eigenvalue weighted by Crippen LogP contribution is 2.12. The van der Waals surface area contributed by atoms with Crippen molar-refractivity contribution in [1.82, 2.24) is 0 Å². The minimum absolute atomic E-state index is 0.502. The Kier molecular flexibility index (Phi) is 5.60. The van der Waals surface area contributed by atoms with Crippen molar-refractivity contribution in [2.24, 2.45) is 0 Å². The van der Waals surface area contributed by atoms with Crippen LogP contribution in [0.25, 0.3) is 0 Å². The first-order chi connectivity index (χ1) is 2.77. The van der Waals surface area contributed by atoms with E-state index in [9.17, 15) is 0 Å². The van der Waals surface area contributed by atoms with Gasteiger partial charge in [0.15, 0.2) is 0 Å². The van der Waals surface area contributed by atoms with Gasteiger partial charge in [-0.1, -0.05) is 31.9 Å². The number of halogens is 2. The zero-order chi connectivity index (χ0) is 4.99. The van der Waals surface area contributed by atoms with Crippen LogP contribution in [0.1, 0.15) is 6.42 Å². The molecule has 38 valence electrons. The SMILES string of the molecule is PCCC(Br)Br. The molecule has 0 saturated carbocycles. The van der Waals surface area contributed by atoms with Crippen LogP contribution in [0.5, 0.6) is 0 Å². The van der Waals surface area contributed by atoms with Crippen LogP contribution in [0.15, 0.2) is 0 Å². The van der Waals surface area contributed by atoms with Gasteiger partial charge in [-0.05, 0) is 12.6 Å². The highest BCUT2D eigenvalue weighted by Gasteiger charge is 1.90. The van der Waals surface area contributed by atoms with Crippen molar-refractivity contribution in [3.05, 3.63) is 0 Å². The van der Waals surface area contributed by atoms with Gasteiger partial charge in [0.25, 0.3) is 0 Å². The summed E-state index contributed by atoms with van der Waals surface area (Å²) in [5.41, 5.74) is 0. The van der Waals surface area contributed by atoms with Crippen LogP contribution in [0.3, 0.4) is 0 Å². The van der Waals surface area contributed by atoms with E-state index in [0.717, 1.165) is 6.16 Å². The molecule has 0 aliphatic carbocycles. The maximum absolute atomic E-state index is 3.34. The standard InChI is InChI=1S/C3H7Br2P/c4-3(5)1-2-6/h3H,1-2,6H2. The lowest BCUT2D eigenvalue weighted by molar-refractivity contribution is 1.10. The Morgan fingerprint density at radius 1 is 1.50 bits per heavy atom. The second kappa shape index (κ2) is 4.55. The van der Waals surface area contributed by atoms with Gasteiger partial charge in [0.05, 0.1) is 3.74 Å². The molecule has 0 aliphatic heterocycles. The largest absolute Gasteiger partial charge is 0.138 e. The molecule has 0 heterocycles. The predicted molar refractivity (Wildman–Crippen MR) is 40.8 cm³/mol. The van der Waals surface area contributed by atoms with E-state index in [2.05, 4.69) is 41.1 Å². The first kappa shape index (κ1) is 7.39. The summed E-state index contributed by atoms with van der Waals surface area (Å²) in [5.74, 6) is 0. The Morgan fingerprint density at radius 2 is 2.00 bits per heavy atom. The van der Waals surface area contributed by atoms with Crippen molar-refractivity contribution in [1.29, 1.82) is 0 Å². The van der Waals surface area contributed by atoms with E-state index >= 15 is 0 Å².